The van der Waals surface area contributed by atoms with E-state index in [4.69, 9.17) is 16.3 Å². The van der Waals surface area contributed by atoms with E-state index in [0.29, 0.717) is 5.88 Å². The van der Waals surface area contributed by atoms with E-state index in [2.05, 4.69) is 20.6 Å². The summed E-state index contributed by atoms with van der Waals surface area (Å²) in [7, 11) is 1.48. The molecule has 0 aromatic carbocycles. The average Bonchev–Trinajstić information content (AvgIpc) is 2.39. The molecule has 18 heavy (non-hydrogen) atoms. The molecular weight excluding hydrogens is 256 g/mol. The first-order valence-electron chi connectivity index (χ1n) is 5.82. The lowest BCUT2D eigenvalue weighted by atomic mass is 10.0. The smallest absolute Gasteiger partial charge is 0.243 e. The van der Waals surface area contributed by atoms with Crippen molar-refractivity contribution in [3.05, 3.63) is 11.2 Å². The number of methoxy groups -OCH3 is 1. The van der Waals surface area contributed by atoms with Gasteiger partial charge in [0, 0.05) is 6.07 Å². The normalized spacial score (nSPS) is 19.3. The second-order valence-corrected chi connectivity index (χ2v) is 4.44. The molecule has 0 spiro atoms. The number of halogens is 1. The summed E-state index contributed by atoms with van der Waals surface area (Å²) >= 11 is 5.80. The summed E-state index contributed by atoms with van der Waals surface area (Å²) in [4.78, 5) is 19.9. The number of carbonyl (C=O) groups is 1. The van der Waals surface area contributed by atoms with E-state index in [9.17, 15) is 4.79 Å². The van der Waals surface area contributed by atoms with Crippen LogP contribution in [-0.4, -0.2) is 35.6 Å². The van der Waals surface area contributed by atoms with E-state index >= 15 is 0 Å². The summed E-state index contributed by atoms with van der Waals surface area (Å²) in [5.41, 5.74) is 0. The summed E-state index contributed by atoms with van der Waals surface area (Å²) < 4.78 is 4.96. The third-order valence-electron chi connectivity index (χ3n) is 2.74. The van der Waals surface area contributed by atoms with E-state index in [0.717, 1.165) is 25.8 Å². The van der Waals surface area contributed by atoms with Gasteiger partial charge in [0.25, 0.3) is 0 Å². The minimum absolute atomic E-state index is 0.140. The third kappa shape index (κ3) is 3.30. The van der Waals surface area contributed by atoms with Crippen LogP contribution in [0.15, 0.2) is 6.07 Å². The maximum Gasteiger partial charge on any atom is 0.243 e. The zero-order valence-corrected chi connectivity index (χ0v) is 10.8. The number of nitrogens with one attached hydrogen (secondary N) is 2. The molecule has 1 amide bonds. The summed E-state index contributed by atoms with van der Waals surface area (Å²) in [6, 6.07) is 1.29. The zero-order chi connectivity index (χ0) is 13.0. The third-order valence-corrected chi connectivity index (χ3v) is 2.94. The maximum absolute atomic E-state index is 11.9. The molecular formula is C11H15ClN4O2. The van der Waals surface area contributed by atoms with Crippen molar-refractivity contribution in [1.82, 2.24) is 15.3 Å². The van der Waals surface area contributed by atoms with Crippen LogP contribution < -0.4 is 15.4 Å². The lowest BCUT2D eigenvalue weighted by Gasteiger charge is -2.22. The van der Waals surface area contributed by atoms with Crippen LogP contribution in [0.1, 0.15) is 19.3 Å². The number of rotatable bonds is 3. The topological polar surface area (TPSA) is 76.1 Å². The van der Waals surface area contributed by atoms with Gasteiger partial charge in [-0.15, -0.1) is 0 Å². The Morgan fingerprint density at radius 3 is 3.06 bits per heavy atom. The zero-order valence-electron chi connectivity index (χ0n) is 10.1. The lowest BCUT2D eigenvalue weighted by Crippen LogP contribution is -2.43. The van der Waals surface area contributed by atoms with Gasteiger partial charge in [-0.05, 0) is 19.4 Å². The van der Waals surface area contributed by atoms with E-state index in [-0.39, 0.29) is 23.1 Å². The highest BCUT2D eigenvalue weighted by Crippen LogP contribution is 2.16. The van der Waals surface area contributed by atoms with Crippen LogP contribution in [0.4, 0.5) is 5.95 Å². The van der Waals surface area contributed by atoms with Crippen LogP contribution in [-0.2, 0) is 4.79 Å². The molecule has 1 aliphatic heterocycles. The Hall–Kier alpha value is -1.40. The van der Waals surface area contributed by atoms with Gasteiger partial charge in [-0.2, -0.15) is 4.98 Å². The fourth-order valence-electron chi connectivity index (χ4n) is 1.83. The van der Waals surface area contributed by atoms with Crippen molar-refractivity contribution in [3.63, 3.8) is 0 Å². The van der Waals surface area contributed by atoms with Crippen molar-refractivity contribution in [3.8, 4) is 5.88 Å². The first kappa shape index (κ1) is 13.0. The molecule has 1 fully saturated rings. The van der Waals surface area contributed by atoms with Gasteiger partial charge >= 0.3 is 0 Å². The Balaban J connectivity index is 2.03. The highest BCUT2D eigenvalue weighted by atomic mass is 35.5. The molecule has 0 bridgehead atoms. The van der Waals surface area contributed by atoms with E-state index in [1.807, 2.05) is 0 Å². The number of aromatic nitrogens is 2. The fourth-order valence-corrected chi connectivity index (χ4v) is 2.00. The van der Waals surface area contributed by atoms with Crippen molar-refractivity contribution in [2.45, 2.75) is 25.3 Å². The molecule has 2 heterocycles. The van der Waals surface area contributed by atoms with Crippen molar-refractivity contribution in [2.75, 3.05) is 19.0 Å². The van der Waals surface area contributed by atoms with Gasteiger partial charge in [-0.3, -0.25) is 10.1 Å². The van der Waals surface area contributed by atoms with Gasteiger partial charge in [-0.1, -0.05) is 18.0 Å². The predicted molar refractivity (Wildman–Crippen MR) is 67.9 cm³/mol. The van der Waals surface area contributed by atoms with Gasteiger partial charge in [0.2, 0.25) is 17.7 Å². The number of piperidine rings is 1. The minimum Gasteiger partial charge on any atom is -0.481 e. The Morgan fingerprint density at radius 1 is 1.56 bits per heavy atom. The largest absolute Gasteiger partial charge is 0.481 e. The van der Waals surface area contributed by atoms with Crippen LogP contribution in [0.5, 0.6) is 5.88 Å². The predicted octanol–water partition coefficient (Wildman–Crippen LogP) is 1.22. The monoisotopic (exact) mass is 270 g/mol. The molecule has 1 aliphatic rings. The molecule has 0 saturated carbocycles. The molecule has 0 unspecified atom stereocenters. The number of hydrogen-bond acceptors (Lipinski definition) is 5. The number of nitrogens with zero attached hydrogens (tertiary/aromatic N) is 2. The van der Waals surface area contributed by atoms with E-state index in [1.165, 1.54) is 13.2 Å². The summed E-state index contributed by atoms with van der Waals surface area (Å²) in [6.07, 6.45) is 2.97. The Labute approximate surface area is 110 Å². The number of anilines is 1. The minimum atomic E-state index is -0.188. The number of ether oxygens (including phenoxy) is 1. The highest BCUT2D eigenvalue weighted by Gasteiger charge is 2.21. The maximum atomic E-state index is 11.9. The Morgan fingerprint density at radius 2 is 2.39 bits per heavy atom. The molecule has 98 valence electrons. The molecule has 0 aliphatic carbocycles. The number of amides is 1. The summed E-state index contributed by atoms with van der Waals surface area (Å²) in [5, 5.41) is 6.02. The Bertz CT molecular complexity index is 435. The van der Waals surface area contributed by atoms with Crippen molar-refractivity contribution in [1.29, 1.82) is 0 Å². The number of carbonyl (C=O) groups excluding carboxylic acids is 1. The van der Waals surface area contributed by atoms with Crippen LogP contribution >= 0.6 is 11.6 Å². The first-order valence-corrected chi connectivity index (χ1v) is 6.19. The second-order valence-electron chi connectivity index (χ2n) is 4.05. The Kier molecular flexibility index (Phi) is 4.33. The van der Waals surface area contributed by atoms with Crippen LogP contribution in [0.25, 0.3) is 0 Å². The molecule has 1 saturated heterocycles. The molecule has 2 rings (SSSR count). The molecule has 6 nitrogen and oxygen atoms in total. The van der Waals surface area contributed by atoms with Crippen molar-refractivity contribution in [2.24, 2.45) is 0 Å². The van der Waals surface area contributed by atoms with Gasteiger partial charge in [0.1, 0.15) is 5.15 Å². The molecule has 0 radical (unpaired) electrons. The average molecular weight is 271 g/mol. The SMILES string of the molecule is COc1cc(Cl)nc(NC(=O)[C@@H]2CCCCN2)n1. The van der Waals surface area contributed by atoms with Gasteiger partial charge in [0.05, 0.1) is 13.2 Å². The molecule has 1 atom stereocenters. The van der Waals surface area contributed by atoms with Gasteiger partial charge < -0.3 is 10.1 Å². The second kappa shape index (κ2) is 5.97. The van der Waals surface area contributed by atoms with E-state index in [1.54, 1.807) is 0 Å². The molecule has 1 aromatic heterocycles. The first-order chi connectivity index (χ1) is 8.69. The molecule has 7 heteroatoms. The van der Waals surface area contributed by atoms with Crippen molar-refractivity contribution >= 4 is 23.5 Å². The fraction of sp³-hybridized carbons (Fsp3) is 0.545. The van der Waals surface area contributed by atoms with Gasteiger partial charge in [-0.25, -0.2) is 4.98 Å². The van der Waals surface area contributed by atoms with Crippen LogP contribution in [0.3, 0.4) is 0 Å². The van der Waals surface area contributed by atoms with Gasteiger partial charge in [0.15, 0.2) is 0 Å². The highest BCUT2D eigenvalue weighted by molar-refractivity contribution is 6.29. The van der Waals surface area contributed by atoms with Crippen LogP contribution in [0.2, 0.25) is 5.15 Å². The molecule has 1 aromatic rings. The summed E-state index contributed by atoms with van der Waals surface area (Å²) in [6.45, 7) is 0.859. The van der Waals surface area contributed by atoms with Crippen molar-refractivity contribution < 1.29 is 9.53 Å². The standard InChI is InChI=1S/C11H15ClN4O2/c1-18-9-6-8(12)14-11(15-9)16-10(17)7-4-2-3-5-13-7/h6-7,13H,2-5H2,1H3,(H,14,15,16,17)/t7-/m0/s1. The summed E-state index contributed by atoms with van der Waals surface area (Å²) in [5.74, 6) is 0.345. The lowest BCUT2D eigenvalue weighted by molar-refractivity contribution is -0.118. The van der Waals surface area contributed by atoms with E-state index < -0.39 is 0 Å². The number of hydrogen-bond donors (Lipinski definition) is 2. The quantitative estimate of drug-likeness (QED) is 0.808. The van der Waals surface area contributed by atoms with Crippen LogP contribution in [0, 0.1) is 0 Å². The molecule has 2 N–H and O–H groups in total.